The number of carbonyl (C=O) groups is 2. The molecule has 2 fully saturated rings. The van der Waals surface area contributed by atoms with Crippen molar-refractivity contribution >= 4 is 17.9 Å². The Balaban J connectivity index is 1.33. The van der Waals surface area contributed by atoms with Gasteiger partial charge in [-0.1, -0.05) is 18.2 Å². The fourth-order valence-electron chi connectivity index (χ4n) is 4.03. The molecule has 0 radical (unpaired) electrons. The van der Waals surface area contributed by atoms with Crippen LogP contribution in [0.15, 0.2) is 42.5 Å². The summed E-state index contributed by atoms with van der Waals surface area (Å²) in [6, 6.07) is 12.8. The highest BCUT2D eigenvalue weighted by atomic mass is 16.2. The molecule has 4 rings (SSSR count). The SMILES string of the molecule is Cc1cc(/C=C/C(=O)N2CCN(CC(=O)NC3CC3)CC2)c(C)n1-c1ccccc1. The highest BCUT2D eigenvalue weighted by Crippen LogP contribution is 2.22. The summed E-state index contributed by atoms with van der Waals surface area (Å²) in [6.45, 7) is 7.37. The van der Waals surface area contributed by atoms with E-state index < -0.39 is 0 Å². The number of hydrogen-bond donors (Lipinski definition) is 1. The predicted molar refractivity (Wildman–Crippen MR) is 118 cm³/mol. The van der Waals surface area contributed by atoms with E-state index in [0.29, 0.717) is 25.7 Å². The van der Waals surface area contributed by atoms with Crippen LogP contribution in [-0.2, 0) is 9.59 Å². The number of hydrogen-bond acceptors (Lipinski definition) is 3. The summed E-state index contributed by atoms with van der Waals surface area (Å²) >= 11 is 0. The Morgan fingerprint density at radius 1 is 1.07 bits per heavy atom. The first-order valence-corrected chi connectivity index (χ1v) is 10.7. The molecule has 1 aliphatic heterocycles. The quantitative estimate of drug-likeness (QED) is 0.750. The van der Waals surface area contributed by atoms with Crippen molar-refractivity contribution in [2.75, 3.05) is 32.7 Å². The second-order valence-corrected chi connectivity index (χ2v) is 8.27. The van der Waals surface area contributed by atoms with Crippen LogP contribution in [0.2, 0.25) is 0 Å². The van der Waals surface area contributed by atoms with Gasteiger partial charge in [-0.25, -0.2) is 0 Å². The van der Waals surface area contributed by atoms with Gasteiger partial charge in [0.15, 0.2) is 0 Å². The number of para-hydroxylation sites is 1. The van der Waals surface area contributed by atoms with Gasteiger partial charge < -0.3 is 14.8 Å². The lowest BCUT2D eigenvalue weighted by atomic mass is 10.2. The third-order valence-corrected chi connectivity index (χ3v) is 5.88. The second-order valence-electron chi connectivity index (χ2n) is 8.27. The Bertz CT molecular complexity index is 936. The number of amides is 2. The fourth-order valence-corrected chi connectivity index (χ4v) is 4.03. The van der Waals surface area contributed by atoms with E-state index in [9.17, 15) is 9.59 Å². The van der Waals surface area contributed by atoms with Crippen molar-refractivity contribution in [3.63, 3.8) is 0 Å². The molecule has 2 heterocycles. The van der Waals surface area contributed by atoms with Gasteiger partial charge in [-0.05, 0) is 56.5 Å². The number of benzene rings is 1. The van der Waals surface area contributed by atoms with Crippen molar-refractivity contribution in [2.24, 2.45) is 0 Å². The predicted octanol–water partition coefficient (Wildman–Crippen LogP) is 2.53. The Labute approximate surface area is 178 Å². The van der Waals surface area contributed by atoms with Gasteiger partial charge in [-0.15, -0.1) is 0 Å². The van der Waals surface area contributed by atoms with Crippen molar-refractivity contribution in [1.29, 1.82) is 0 Å². The highest BCUT2D eigenvalue weighted by Gasteiger charge is 2.26. The Kier molecular flexibility index (Phi) is 6.04. The Hall–Kier alpha value is -2.86. The average molecular weight is 407 g/mol. The molecule has 6 heteroatoms. The van der Waals surface area contributed by atoms with Crippen molar-refractivity contribution in [3.8, 4) is 5.69 Å². The Morgan fingerprint density at radius 3 is 2.43 bits per heavy atom. The largest absolute Gasteiger partial charge is 0.352 e. The van der Waals surface area contributed by atoms with E-state index in [0.717, 1.165) is 48.6 Å². The van der Waals surface area contributed by atoms with E-state index in [1.807, 2.05) is 29.2 Å². The summed E-state index contributed by atoms with van der Waals surface area (Å²) in [5, 5.41) is 3.02. The standard InChI is InChI=1S/C24H30N4O2/c1-18-16-20(19(2)28(18)22-6-4-3-5-7-22)8-11-24(30)27-14-12-26(13-15-27)17-23(29)25-21-9-10-21/h3-8,11,16,21H,9-10,12-15,17H2,1-2H3,(H,25,29)/b11-8+. The number of aromatic nitrogens is 1. The first-order valence-electron chi connectivity index (χ1n) is 10.7. The minimum atomic E-state index is 0.0293. The molecule has 1 saturated carbocycles. The Morgan fingerprint density at radius 2 is 1.77 bits per heavy atom. The molecule has 0 unspecified atom stereocenters. The van der Waals surface area contributed by atoms with E-state index in [4.69, 9.17) is 0 Å². The number of nitrogens with zero attached hydrogens (tertiary/aromatic N) is 3. The van der Waals surface area contributed by atoms with Gasteiger partial charge in [0.2, 0.25) is 11.8 Å². The van der Waals surface area contributed by atoms with Crippen LogP contribution < -0.4 is 5.32 Å². The van der Waals surface area contributed by atoms with Crippen LogP contribution in [0.25, 0.3) is 11.8 Å². The third kappa shape index (κ3) is 4.82. The van der Waals surface area contributed by atoms with Crippen molar-refractivity contribution in [1.82, 2.24) is 19.7 Å². The molecule has 1 aromatic heterocycles. The third-order valence-electron chi connectivity index (χ3n) is 5.88. The summed E-state index contributed by atoms with van der Waals surface area (Å²) in [4.78, 5) is 28.6. The van der Waals surface area contributed by atoms with E-state index in [2.05, 4.69) is 46.8 Å². The van der Waals surface area contributed by atoms with Crippen LogP contribution in [0.3, 0.4) is 0 Å². The molecule has 6 nitrogen and oxygen atoms in total. The van der Waals surface area contributed by atoms with Gasteiger partial charge in [0, 0.05) is 55.4 Å². The van der Waals surface area contributed by atoms with Crippen molar-refractivity contribution < 1.29 is 9.59 Å². The van der Waals surface area contributed by atoms with E-state index in [1.54, 1.807) is 6.08 Å². The first-order chi connectivity index (χ1) is 14.5. The number of piperazine rings is 1. The van der Waals surface area contributed by atoms with Gasteiger partial charge in [0.05, 0.1) is 6.54 Å². The topological polar surface area (TPSA) is 57.6 Å². The van der Waals surface area contributed by atoms with Gasteiger partial charge in [0.1, 0.15) is 0 Å². The lowest BCUT2D eigenvalue weighted by molar-refractivity contribution is -0.128. The molecule has 1 aliphatic carbocycles. The molecular weight excluding hydrogens is 376 g/mol. The van der Waals surface area contributed by atoms with Gasteiger partial charge in [-0.3, -0.25) is 14.5 Å². The van der Waals surface area contributed by atoms with Crippen LogP contribution in [0.4, 0.5) is 0 Å². The zero-order valence-electron chi connectivity index (χ0n) is 17.8. The maximum atomic E-state index is 12.7. The maximum absolute atomic E-state index is 12.7. The lowest BCUT2D eigenvalue weighted by Gasteiger charge is -2.33. The van der Waals surface area contributed by atoms with Crippen LogP contribution in [0, 0.1) is 13.8 Å². The molecular formula is C24H30N4O2. The summed E-state index contributed by atoms with van der Waals surface area (Å²) in [7, 11) is 0. The molecule has 1 N–H and O–H groups in total. The zero-order valence-corrected chi connectivity index (χ0v) is 17.8. The molecule has 2 amide bonds. The van der Waals surface area contributed by atoms with E-state index in [-0.39, 0.29) is 11.8 Å². The minimum Gasteiger partial charge on any atom is -0.352 e. The van der Waals surface area contributed by atoms with Gasteiger partial charge in [0.25, 0.3) is 0 Å². The molecule has 158 valence electrons. The van der Waals surface area contributed by atoms with Crippen LogP contribution in [0.1, 0.15) is 29.8 Å². The van der Waals surface area contributed by atoms with Crippen LogP contribution in [0.5, 0.6) is 0 Å². The summed E-state index contributed by atoms with van der Waals surface area (Å²) in [5.74, 6) is 0.132. The molecule has 0 bridgehead atoms. The minimum absolute atomic E-state index is 0.0293. The molecule has 1 saturated heterocycles. The monoisotopic (exact) mass is 406 g/mol. The fraction of sp³-hybridized carbons (Fsp3) is 0.417. The van der Waals surface area contributed by atoms with Gasteiger partial charge in [-0.2, -0.15) is 0 Å². The van der Waals surface area contributed by atoms with E-state index in [1.165, 1.54) is 0 Å². The lowest BCUT2D eigenvalue weighted by Crippen LogP contribution is -2.51. The van der Waals surface area contributed by atoms with Crippen molar-refractivity contribution in [3.05, 3.63) is 59.4 Å². The molecule has 0 spiro atoms. The average Bonchev–Trinajstić information content (AvgIpc) is 3.50. The number of aryl methyl sites for hydroxylation is 1. The summed E-state index contributed by atoms with van der Waals surface area (Å²) in [5.41, 5.74) is 4.44. The highest BCUT2D eigenvalue weighted by molar-refractivity contribution is 5.92. The summed E-state index contributed by atoms with van der Waals surface area (Å²) in [6.07, 6.45) is 5.80. The number of nitrogens with one attached hydrogen (secondary N) is 1. The molecule has 2 aliphatic rings. The van der Waals surface area contributed by atoms with Gasteiger partial charge >= 0.3 is 0 Å². The summed E-state index contributed by atoms with van der Waals surface area (Å²) < 4.78 is 2.20. The number of carbonyl (C=O) groups excluding carboxylic acids is 2. The van der Waals surface area contributed by atoms with Crippen molar-refractivity contribution in [2.45, 2.75) is 32.7 Å². The van der Waals surface area contributed by atoms with Crippen LogP contribution in [-0.4, -0.2) is 64.9 Å². The molecule has 30 heavy (non-hydrogen) atoms. The zero-order chi connectivity index (χ0) is 21.1. The number of rotatable bonds is 6. The second kappa shape index (κ2) is 8.88. The van der Waals surface area contributed by atoms with E-state index >= 15 is 0 Å². The van der Waals surface area contributed by atoms with Crippen LogP contribution >= 0.6 is 0 Å². The first kappa shape index (κ1) is 20.4. The molecule has 1 aromatic carbocycles. The molecule has 2 aromatic rings. The smallest absolute Gasteiger partial charge is 0.246 e. The molecule has 0 atom stereocenters. The normalized spacial score (nSPS) is 17.5. The maximum Gasteiger partial charge on any atom is 0.246 e.